The third-order valence-electron chi connectivity index (χ3n) is 2.83. The van der Waals surface area contributed by atoms with Gasteiger partial charge in [-0.2, -0.15) is 0 Å². The molecule has 0 bridgehead atoms. The van der Waals surface area contributed by atoms with Crippen LogP contribution >= 0.6 is 0 Å². The zero-order chi connectivity index (χ0) is 15.3. The molecule has 1 rings (SSSR count). The standard InChI is InChI=1S/C16H26N2O3/c1-3-5-10-17-13-16(19)18-14-6-8-15(9-7-14)21-12-11-20-4-2/h6-9,17H,3-5,10-13H2,1-2H3,(H,18,19). The number of anilines is 1. The highest BCUT2D eigenvalue weighted by Gasteiger charge is 2.02. The number of benzene rings is 1. The Morgan fingerprint density at radius 2 is 1.90 bits per heavy atom. The third kappa shape index (κ3) is 8.32. The smallest absolute Gasteiger partial charge is 0.238 e. The Labute approximate surface area is 127 Å². The van der Waals surface area contributed by atoms with Gasteiger partial charge in [-0.15, -0.1) is 0 Å². The van der Waals surface area contributed by atoms with E-state index in [1.807, 2.05) is 31.2 Å². The molecule has 0 aliphatic heterocycles. The van der Waals surface area contributed by atoms with Crippen molar-refractivity contribution in [2.24, 2.45) is 0 Å². The normalized spacial score (nSPS) is 10.4. The van der Waals surface area contributed by atoms with Crippen molar-refractivity contribution in [1.29, 1.82) is 0 Å². The summed E-state index contributed by atoms with van der Waals surface area (Å²) in [7, 11) is 0. The number of carbonyl (C=O) groups excluding carboxylic acids is 1. The number of rotatable bonds is 11. The van der Waals surface area contributed by atoms with Crippen LogP contribution in [-0.4, -0.2) is 38.8 Å². The number of carbonyl (C=O) groups is 1. The minimum Gasteiger partial charge on any atom is -0.491 e. The summed E-state index contributed by atoms with van der Waals surface area (Å²) in [4.78, 5) is 11.7. The second-order valence-electron chi connectivity index (χ2n) is 4.65. The lowest BCUT2D eigenvalue weighted by atomic mass is 10.3. The molecule has 0 heterocycles. The number of hydrogen-bond acceptors (Lipinski definition) is 4. The molecule has 0 aromatic heterocycles. The maximum atomic E-state index is 11.7. The molecule has 0 unspecified atom stereocenters. The lowest BCUT2D eigenvalue weighted by Crippen LogP contribution is -2.28. The van der Waals surface area contributed by atoms with Crippen molar-refractivity contribution in [2.75, 3.05) is 38.2 Å². The maximum absolute atomic E-state index is 11.7. The summed E-state index contributed by atoms with van der Waals surface area (Å²) in [6, 6.07) is 7.35. The summed E-state index contributed by atoms with van der Waals surface area (Å²) >= 11 is 0. The number of unbranched alkanes of at least 4 members (excludes halogenated alkanes) is 1. The summed E-state index contributed by atoms with van der Waals surface area (Å²) in [6.07, 6.45) is 2.21. The minimum absolute atomic E-state index is 0.0314. The molecular weight excluding hydrogens is 268 g/mol. The van der Waals surface area contributed by atoms with E-state index in [0.29, 0.717) is 26.4 Å². The molecule has 0 saturated heterocycles. The Balaban J connectivity index is 2.25. The quantitative estimate of drug-likeness (QED) is 0.615. The molecule has 118 valence electrons. The molecule has 5 heteroatoms. The van der Waals surface area contributed by atoms with Crippen LogP contribution in [0.3, 0.4) is 0 Å². The first-order valence-electron chi connectivity index (χ1n) is 7.57. The first-order valence-corrected chi connectivity index (χ1v) is 7.57. The second-order valence-corrected chi connectivity index (χ2v) is 4.65. The van der Waals surface area contributed by atoms with Crippen LogP contribution in [-0.2, 0) is 9.53 Å². The van der Waals surface area contributed by atoms with Crippen molar-refractivity contribution in [3.8, 4) is 5.75 Å². The van der Waals surface area contributed by atoms with Crippen LogP contribution in [0.25, 0.3) is 0 Å². The Hall–Kier alpha value is -1.59. The highest BCUT2D eigenvalue weighted by molar-refractivity contribution is 5.92. The van der Waals surface area contributed by atoms with Gasteiger partial charge in [0.2, 0.25) is 5.91 Å². The Bertz CT molecular complexity index is 393. The van der Waals surface area contributed by atoms with E-state index in [0.717, 1.165) is 30.8 Å². The van der Waals surface area contributed by atoms with Gasteiger partial charge in [0, 0.05) is 12.3 Å². The van der Waals surface area contributed by atoms with Crippen molar-refractivity contribution >= 4 is 11.6 Å². The Kier molecular flexibility index (Phi) is 9.24. The van der Waals surface area contributed by atoms with Crippen LogP contribution in [0.2, 0.25) is 0 Å². The summed E-state index contributed by atoms with van der Waals surface area (Å²) in [6.45, 7) is 7.09. The molecule has 1 aromatic carbocycles. The number of amides is 1. The van der Waals surface area contributed by atoms with Gasteiger partial charge < -0.3 is 20.1 Å². The van der Waals surface area contributed by atoms with Gasteiger partial charge in [-0.3, -0.25) is 4.79 Å². The van der Waals surface area contributed by atoms with E-state index in [9.17, 15) is 4.79 Å². The van der Waals surface area contributed by atoms with E-state index in [1.165, 1.54) is 0 Å². The van der Waals surface area contributed by atoms with Gasteiger partial charge in [0.15, 0.2) is 0 Å². The molecule has 0 spiro atoms. The highest BCUT2D eigenvalue weighted by Crippen LogP contribution is 2.15. The van der Waals surface area contributed by atoms with Crippen LogP contribution in [0.5, 0.6) is 5.75 Å². The van der Waals surface area contributed by atoms with Gasteiger partial charge in [0.05, 0.1) is 13.2 Å². The molecule has 0 atom stereocenters. The summed E-state index contributed by atoms with van der Waals surface area (Å²) in [5.41, 5.74) is 0.773. The molecule has 0 saturated carbocycles. The molecular formula is C16H26N2O3. The molecule has 21 heavy (non-hydrogen) atoms. The predicted octanol–water partition coefficient (Wildman–Crippen LogP) is 2.43. The van der Waals surface area contributed by atoms with Crippen LogP contribution in [0, 0.1) is 0 Å². The summed E-state index contributed by atoms with van der Waals surface area (Å²) < 4.78 is 10.7. The molecule has 1 aromatic rings. The van der Waals surface area contributed by atoms with Crippen molar-refractivity contribution in [3.05, 3.63) is 24.3 Å². The fraction of sp³-hybridized carbons (Fsp3) is 0.562. The van der Waals surface area contributed by atoms with E-state index in [2.05, 4.69) is 17.6 Å². The molecule has 2 N–H and O–H groups in total. The van der Waals surface area contributed by atoms with Crippen LogP contribution in [0.4, 0.5) is 5.69 Å². The van der Waals surface area contributed by atoms with Crippen LogP contribution in [0.1, 0.15) is 26.7 Å². The Morgan fingerprint density at radius 1 is 1.14 bits per heavy atom. The molecule has 0 fully saturated rings. The van der Waals surface area contributed by atoms with E-state index >= 15 is 0 Å². The van der Waals surface area contributed by atoms with Crippen molar-refractivity contribution in [1.82, 2.24) is 5.32 Å². The second kappa shape index (κ2) is 11.1. The first kappa shape index (κ1) is 17.5. The molecule has 1 amide bonds. The van der Waals surface area contributed by atoms with Crippen LogP contribution in [0.15, 0.2) is 24.3 Å². The summed E-state index contributed by atoms with van der Waals surface area (Å²) in [5.74, 6) is 0.741. The predicted molar refractivity (Wildman–Crippen MR) is 84.8 cm³/mol. The summed E-state index contributed by atoms with van der Waals surface area (Å²) in [5, 5.41) is 5.95. The number of hydrogen-bond donors (Lipinski definition) is 2. The first-order chi connectivity index (χ1) is 10.3. The van der Waals surface area contributed by atoms with Gasteiger partial charge in [-0.1, -0.05) is 13.3 Å². The largest absolute Gasteiger partial charge is 0.491 e. The fourth-order valence-corrected chi connectivity index (χ4v) is 1.71. The topological polar surface area (TPSA) is 59.6 Å². The van der Waals surface area contributed by atoms with Crippen molar-refractivity contribution in [2.45, 2.75) is 26.7 Å². The minimum atomic E-state index is -0.0314. The van der Waals surface area contributed by atoms with E-state index in [4.69, 9.17) is 9.47 Å². The van der Waals surface area contributed by atoms with Gasteiger partial charge in [-0.25, -0.2) is 0 Å². The van der Waals surface area contributed by atoms with E-state index in [-0.39, 0.29) is 5.91 Å². The molecule has 5 nitrogen and oxygen atoms in total. The van der Waals surface area contributed by atoms with Crippen molar-refractivity contribution < 1.29 is 14.3 Å². The lowest BCUT2D eigenvalue weighted by Gasteiger charge is -2.09. The van der Waals surface area contributed by atoms with E-state index < -0.39 is 0 Å². The van der Waals surface area contributed by atoms with Crippen molar-refractivity contribution in [3.63, 3.8) is 0 Å². The average molecular weight is 294 g/mol. The maximum Gasteiger partial charge on any atom is 0.238 e. The monoisotopic (exact) mass is 294 g/mol. The average Bonchev–Trinajstić information content (AvgIpc) is 2.50. The van der Waals surface area contributed by atoms with Gasteiger partial charge >= 0.3 is 0 Å². The zero-order valence-corrected chi connectivity index (χ0v) is 13.0. The number of ether oxygens (including phenoxy) is 2. The zero-order valence-electron chi connectivity index (χ0n) is 13.0. The Morgan fingerprint density at radius 3 is 2.57 bits per heavy atom. The molecule has 0 aliphatic carbocycles. The third-order valence-corrected chi connectivity index (χ3v) is 2.83. The molecule has 0 aliphatic rings. The van der Waals surface area contributed by atoms with Gasteiger partial charge in [0.1, 0.15) is 12.4 Å². The fourth-order valence-electron chi connectivity index (χ4n) is 1.71. The van der Waals surface area contributed by atoms with Crippen LogP contribution < -0.4 is 15.4 Å². The van der Waals surface area contributed by atoms with Gasteiger partial charge in [-0.05, 0) is 44.2 Å². The highest BCUT2D eigenvalue weighted by atomic mass is 16.5. The lowest BCUT2D eigenvalue weighted by molar-refractivity contribution is -0.115. The molecule has 0 radical (unpaired) electrons. The SMILES string of the molecule is CCCCNCC(=O)Nc1ccc(OCCOCC)cc1. The number of nitrogens with one attached hydrogen (secondary N) is 2. The van der Waals surface area contributed by atoms with Gasteiger partial charge in [0.25, 0.3) is 0 Å². The van der Waals surface area contributed by atoms with E-state index in [1.54, 1.807) is 0 Å².